The molecule has 2 aromatic heterocycles. The molecule has 1 amide bonds. The number of hydrogen-bond donors (Lipinski definition) is 1. The van der Waals surface area contributed by atoms with Crippen molar-refractivity contribution in [3.63, 3.8) is 0 Å². The molecule has 0 saturated heterocycles. The highest BCUT2D eigenvalue weighted by Crippen LogP contribution is 2.27. The summed E-state index contributed by atoms with van der Waals surface area (Å²) in [7, 11) is 0. The summed E-state index contributed by atoms with van der Waals surface area (Å²) in [4.78, 5) is 25.7. The normalized spacial score (nSPS) is 12.4. The Bertz CT molecular complexity index is 1440. The van der Waals surface area contributed by atoms with Crippen molar-refractivity contribution in [3.05, 3.63) is 64.2 Å². The second kappa shape index (κ2) is 9.88. The standard InChI is InChI=1S/C23H22F3N5O2S/c1-3-4-7-12-30-21(33)14-8-5-6-9-17(14)31-22(30)28-29-23(31)34-13(2)20(32)27-16-11-10-15(24)18(25)19(16)26/h5-6,8-11,13H,3-4,7,12H2,1-2H3,(H,27,32). The van der Waals surface area contributed by atoms with E-state index in [0.29, 0.717) is 28.4 Å². The second-order valence-electron chi connectivity index (χ2n) is 7.77. The molecule has 2 heterocycles. The summed E-state index contributed by atoms with van der Waals surface area (Å²) in [6, 6.07) is 8.76. The molecule has 0 spiro atoms. The summed E-state index contributed by atoms with van der Waals surface area (Å²) in [5, 5.41) is 10.8. The summed E-state index contributed by atoms with van der Waals surface area (Å²) in [6.07, 6.45) is 2.76. The number of aryl methyl sites for hydroxylation is 1. The van der Waals surface area contributed by atoms with E-state index in [1.807, 2.05) is 0 Å². The van der Waals surface area contributed by atoms with Gasteiger partial charge in [-0.3, -0.25) is 18.6 Å². The maximum Gasteiger partial charge on any atom is 0.262 e. The molecule has 1 N–H and O–H groups in total. The fraction of sp³-hybridized carbons (Fsp3) is 0.304. The van der Waals surface area contributed by atoms with Crippen LogP contribution in [0.1, 0.15) is 33.1 Å². The van der Waals surface area contributed by atoms with Crippen LogP contribution in [-0.2, 0) is 11.3 Å². The lowest BCUT2D eigenvalue weighted by atomic mass is 10.2. The second-order valence-corrected chi connectivity index (χ2v) is 9.08. The molecule has 1 atom stereocenters. The molecule has 0 aliphatic carbocycles. The van der Waals surface area contributed by atoms with Crippen molar-refractivity contribution in [1.29, 1.82) is 0 Å². The molecule has 1 unspecified atom stereocenters. The van der Waals surface area contributed by atoms with E-state index in [1.54, 1.807) is 40.2 Å². The van der Waals surface area contributed by atoms with Gasteiger partial charge in [-0.15, -0.1) is 10.2 Å². The Labute approximate surface area is 197 Å². The predicted molar refractivity (Wildman–Crippen MR) is 125 cm³/mol. The molecular weight excluding hydrogens is 467 g/mol. The van der Waals surface area contributed by atoms with Gasteiger partial charge in [0.25, 0.3) is 5.56 Å². The fourth-order valence-corrected chi connectivity index (χ4v) is 4.46. The van der Waals surface area contributed by atoms with Gasteiger partial charge in [-0.2, -0.15) is 0 Å². The Morgan fingerprint density at radius 3 is 2.62 bits per heavy atom. The van der Waals surface area contributed by atoms with Crippen LogP contribution in [0.5, 0.6) is 0 Å². The lowest BCUT2D eigenvalue weighted by molar-refractivity contribution is -0.115. The van der Waals surface area contributed by atoms with E-state index < -0.39 is 34.3 Å². The smallest absolute Gasteiger partial charge is 0.262 e. The van der Waals surface area contributed by atoms with Crippen LogP contribution in [0, 0.1) is 17.5 Å². The molecule has 0 saturated carbocycles. The average molecular weight is 490 g/mol. The van der Waals surface area contributed by atoms with Crippen LogP contribution < -0.4 is 10.9 Å². The zero-order chi connectivity index (χ0) is 24.4. The van der Waals surface area contributed by atoms with E-state index in [2.05, 4.69) is 22.4 Å². The monoisotopic (exact) mass is 489 g/mol. The minimum absolute atomic E-state index is 0.164. The van der Waals surface area contributed by atoms with Crippen molar-refractivity contribution in [2.45, 2.75) is 50.1 Å². The van der Waals surface area contributed by atoms with E-state index in [4.69, 9.17) is 0 Å². The van der Waals surface area contributed by atoms with E-state index in [0.717, 1.165) is 43.2 Å². The number of carbonyl (C=O) groups is 1. The van der Waals surface area contributed by atoms with Gasteiger partial charge in [0.15, 0.2) is 22.6 Å². The molecule has 178 valence electrons. The number of aromatic nitrogens is 4. The van der Waals surface area contributed by atoms with Gasteiger partial charge in [0, 0.05) is 6.54 Å². The van der Waals surface area contributed by atoms with Gasteiger partial charge < -0.3 is 5.32 Å². The minimum atomic E-state index is -1.66. The van der Waals surface area contributed by atoms with Crippen molar-refractivity contribution >= 4 is 40.0 Å². The van der Waals surface area contributed by atoms with Crippen LogP contribution in [-0.4, -0.2) is 30.3 Å². The summed E-state index contributed by atoms with van der Waals surface area (Å²) in [5.41, 5.74) is -0.0265. The van der Waals surface area contributed by atoms with E-state index in [9.17, 15) is 22.8 Å². The van der Waals surface area contributed by atoms with Crippen LogP contribution in [0.25, 0.3) is 16.7 Å². The minimum Gasteiger partial charge on any atom is -0.323 e. The Morgan fingerprint density at radius 2 is 1.85 bits per heavy atom. The number of unbranched alkanes of at least 4 members (excludes halogenated alkanes) is 2. The van der Waals surface area contributed by atoms with Crippen LogP contribution in [0.15, 0.2) is 46.3 Å². The molecule has 34 heavy (non-hydrogen) atoms. The summed E-state index contributed by atoms with van der Waals surface area (Å²) < 4.78 is 43.9. The fourth-order valence-electron chi connectivity index (χ4n) is 3.60. The number of rotatable bonds is 8. The summed E-state index contributed by atoms with van der Waals surface area (Å²) in [6.45, 7) is 4.12. The predicted octanol–water partition coefficient (Wildman–Crippen LogP) is 4.77. The van der Waals surface area contributed by atoms with Crippen molar-refractivity contribution in [1.82, 2.24) is 19.2 Å². The van der Waals surface area contributed by atoms with E-state index in [-0.39, 0.29) is 5.56 Å². The average Bonchev–Trinajstić information content (AvgIpc) is 3.25. The number of para-hydroxylation sites is 1. The highest BCUT2D eigenvalue weighted by Gasteiger charge is 2.23. The number of hydrogen-bond acceptors (Lipinski definition) is 5. The Balaban J connectivity index is 1.68. The van der Waals surface area contributed by atoms with Gasteiger partial charge in [-0.25, -0.2) is 13.2 Å². The van der Waals surface area contributed by atoms with Crippen LogP contribution in [0.4, 0.5) is 18.9 Å². The quantitative estimate of drug-likeness (QED) is 0.219. The lowest BCUT2D eigenvalue weighted by Gasteiger charge is -2.14. The van der Waals surface area contributed by atoms with E-state index >= 15 is 0 Å². The third kappa shape index (κ3) is 4.39. The first kappa shape index (κ1) is 23.8. The molecule has 0 bridgehead atoms. The van der Waals surface area contributed by atoms with Gasteiger partial charge >= 0.3 is 0 Å². The van der Waals surface area contributed by atoms with Gasteiger partial charge in [-0.1, -0.05) is 43.7 Å². The van der Waals surface area contributed by atoms with Crippen molar-refractivity contribution in [2.24, 2.45) is 0 Å². The third-order valence-electron chi connectivity index (χ3n) is 5.41. The Hall–Kier alpha value is -3.34. The highest BCUT2D eigenvalue weighted by atomic mass is 32.2. The van der Waals surface area contributed by atoms with Gasteiger partial charge in [0.2, 0.25) is 11.7 Å². The van der Waals surface area contributed by atoms with Crippen molar-refractivity contribution in [2.75, 3.05) is 5.32 Å². The molecule has 7 nitrogen and oxygen atoms in total. The topological polar surface area (TPSA) is 81.3 Å². The Morgan fingerprint density at radius 1 is 1.09 bits per heavy atom. The third-order valence-corrected chi connectivity index (χ3v) is 6.45. The number of amides is 1. The van der Waals surface area contributed by atoms with Crippen LogP contribution >= 0.6 is 11.8 Å². The number of nitrogens with one attached hydrogen (secondary N) is 1. The number of nitrogens with zero attached hydrogens (tertiary/aromatic N) is 4. The highest BCUT2D eigenvalue weighted by molar-refractivity contribution is 8.00. The molecule has 0 aliphatic rings. The molecule has 0 radical (unpaired) electrons. The number of halogens is 3. The molecule has 4 aromatic rings. The van der Waals surface area contributed by atoms with Gasteiger partial charge in [-0.05, 0) is 37.6 Å². The number of thioether (sulfide) groups is 1. The molecule has 0 fully saturated rings. The molecule has 11 heteroatoms. The van der Waals surface area contributed by atoms with Crippen LogP contribution in [0.3, 0.4) is 0 Å². The molecular formula is C23H22F3N5O2S. The first-order valence-corrected chi connectivity index (χ1v) is 11.7. The zero-order valence-corrected chi connectivity index (χ0v) is 19.3. The summed E-state index contributed by atoms with van der Waals surface area (Å²) in [5.74, 6) is -4.74. The first-order chi connectivity index (χ1) is 16.3. The molecule has 2 aromatic carbocycles. The largest absolute Gasteiger partial charge is 0.323 e. The number of anilines is 1. The summed E-state index contributed by atoms with van der Waals surface area (Å²) >= 11 is 1.05. The molecule has 4 rings (SSSR count). The maximum atomic E-state index is 14.0. The maximum absolute atomic E-state index is 14.0. The van der Waals surface area contributed by atoms with Gasteiger partial charge in [0.05, 0.1) is 21.8 Å². The Kier molecular flexibility index (Phi) is 6.92. The number of carbonyl (C=O) groups excluding carboxylic acids is 1. The van der Waals surface area contributed by atoms with E-state index in [1.165, 1.54) is 0 Å². The molecule has 0 aliphatic heterocycles. The van der Waals surface area contributed by atoms with Crippen molar-refractivity contribution in [3.8, 4) is 0 Å². The first-order valence-electron chi connectivity index (χ1n) is 10.8. The zero-order valence-electron chi connectivity index (χ0n) is 18.5. The number of benzene rings is 2. The SMILES string of the molecule is CCCCCn1c(=O)c2ccccc2n2c(SC(C)C(=O)Nc3ccc(F)c(F)c3F)nnc12. The van der Waals surface area contributed by atoms with Crippen LogP contribution in [0.2, 0.25) is 0 Å². The number of fused-ring (bicyclic) bond motifs is 3. The lowest BCUT2D eigenvalue weighted by Crippen LogP contribution is -2.25. The van der Waals surface area contributed by atoms with Gasteiger partial charge in [0.1, 0.15) is 0 Å². The van der Waals surface area contributed by atoms with Crippen molar-refractivity contribution < 1.29 is 18.0 Å².